The van der Waals surface area contributed by atoms with E-state index in [4.69, 9.17) is 5.26 Å². The van der Waals surface area contributed by atoms with Crippen molar-refractivity contribution in [1.29, 1.82) is 5.26 Å². The summed E-state index contributed by atoms with van der Waals surface area (Å²) in [6.07, 6.45) is 1.31. The Morgan fingerprint density at radius 1 is 1.17 bits per heavy atom. The van der Waals surface area contributed by atoms with Crippen LogP contribution in [0.5, 0.6) is 0 Å². The molecule has 0 fully saturated rings. The zero-order valence-corrected chi connectivity index (χ0v) is 11.3. The molecular weight excluding hydrogens is 281 g/mol. The van der Waals surface area contributed by atoms with Crippen molar-refractivity contribution >= 4 is 19.7 Å². The molecule has 0 spiro atoms. The molecule has 0 atom stereocenters. The Bertz CT molecular complexity index is 730. The van der Waals surface area contributed by atoms with E-state index < -0.39 is 35.3 Å². The Morgan fingerprint density at radius 2 is 1.72 bits per heavy atom. The van der Waals surface area contributed by atoms with Crippen molar-refractivity contribution in [3.8, 4) is 6.07 Å². The smallest absolute Gasteiger partial charge is 0.179 e. The first kappa shape index (κ1) is 14.6. The molecule has 0 N–H and O–H groups in total. The summed E-state index contributed by atoms with van der Waals surface area (Å²) in [6, 6.07) is 3.60. The second-order valence-electron chi connectivity index (χ2n) is 3.78. The number of halogens is 1. The van der Waals surface area contributed by atoms with Gasteiger partial charge in [0.1, 0.15) is 10.7 Å². The quantitative estimate of drug-likeness (QED) is 0.817. The van der Waals surface area contributed by atoms with Gasteiger partial charge in [-0.05, 0) is 17.7 Å². The summed E-state index contributed by atoms with van der Waals surface area (Å²) in [5.74, 6) is -1.16. The number of benzene rings is 1. The number of hydrogen-bond donors (Lipinski definition) is 0. The molecule has 0 amide bonds. The predicted octanol–water partition coefficient (Wildman–Crippen LogP) is 0.699. The van der Waals surface area contributed by atoms with E-state index in [0.717, 1.165) is 24.6 Å². The summed E-state index contributed by atoms with van der Waals surface area (Å²) in [4.78, 5) is -1.47. The molecule has 0 aliphatic rings. The molecule has 0 saturated heterocycles. The third-order valence-electron chi connectivity index (χ3n) is 2.12. The van der Waals surface area contributed by atoms with E-state index in [-0.39, 0.29) is 12.0 Å². The topological polar surface area (TPSA) is 92.1 Å². The van der Waals surface area contributed by atoms with E-state index >= 15 is 0 Å². The van der Waals surface area contributed by atoms with Crippen molar-refractivity contribution in [3.05, 3.63) is 23.5 Å². The van der Waals surface area contributed by atoms with Crippen LogP contribution in [0.25, 0.3) is 0 Å². The highest BCUT2D eigenvalue weighted by Gasteiger charge is 2.25. The van der Waals surface area contributed by atoms with Crippen molar-refractivity contribution in [2.75, 3.05) is 12.5 Å². The molecule has 18 heavy (non-hydrogen) atoms. The minimum Gasteiger partial charge on any atom is -0.224 e. The average Bonchev–Trinajstić information content (AvgIpc) is 2.13. The van der Waals surface area contributed by atoms with Crippen LogP contribution in [0, 0.1) is 17.1 Å². The zero-order valence-electron chi connectivity index (χ0n) is 9.64. The molecule has 0 aliphatic carbocycles. The van der Waals surface area contributed by atoms with Crippen LogP contribution < -0.4 is 0 Å². The molecule has 98 valence electrons. The van der Waals surface area contributed by atoms with Crippen LogP contribution >= 0.6 is 0 Å². The largest absolute Gasteiger partial charge is 0.224 e. The van der Waals surface area contributed by atoms with Crippen molar-refractivity contribution < 1.29 is 21.2 Å². The molecule has 1 rings (SSSR count). The number of nitriles is 1. The maximum Gasteiger partial charge on any atom is 0.179 e. The average molecular weight is 291 g/mol. The summed E-state index contributed by atoms with van der Waals surface area (Å²) in [7, 11) is -7.92. The Morgan fingerprint density at radius 3 is 2.11 bits per heavy atom. The lowest BCUT2D eigenvalue weighted by Crippen LogP contribution is -2.11. The second-order valence-corrected chi connectivity index (χ2v) is 7.72. The number of sulfone groups is 2. The molecule has 0 aromatic heterocycles. The Labute approximate surface area is 105 Å². The fourth-order valence-electron chi connectivity index (χ4n) is 1.45. The van der Waals surface area contributed by atoms with Crippen LogP contribution in [0.15, 0.2) is 21.9 Å². The molecule has 0 heterocycles. The molecule has 1 aromatic carbocycles. The number of rotatable bonds is 3. The van der Waals surface area contributed by atoms with Gasteiger partial charge in [-0.25, -0.2) is 21.2 Å². The van der Waals surface area contributed by atoms with Crippen LogP contribution in [0.2, 0.25) is 0 Å². The molecule has 0 saturated carbocycles. The van der Waals surface area contributed by atoms with Crippen molar-refractivity contribution in [2.45, 2.75) is 16.2 Å². The second kappa shape index (κ2) is 4.66. The lowest BCUT2D eigenvalue weighted by atomic mass is 10.2. The van der Waals surface area contributed by atoms with Gasteiger partial charge in [-0.15, -0.1) is 0 Å². The Kier molecular flexibility index (Phi) is 3.78. The van der Waals surface area contributed by atoms with Gasteiger partial charge in [0.25, 0.3) is 0 Å². The van der Waals surface area contributed by atoms with E-state index in [9.17, 15) is 21.2 Å². The summed E-state index contributed by atoms with van der Waals surface area (Å²) in [5, 5.41) is 8.49. The predicted molar refractivity (Wildman–Crippen MR) is 61.9 cm³/mol. The van der Waals surface area contributed by atoms with Crippen LogP contribution in [-0.2, 0) is 26.1 Å². The molecule has 0 radical (unpaired) electrons. The van der Waals surface area contributed by atoms with Gasteiger partial charge in [0.15, 0.2) is 19.7 Å². The van der Waals surface area contributed by atoms with E-state index in [2.05, 4.69) is 0 Å². The van der Waals surface area contributed by atoms with Gasteiger partial charge in [-0.2, -0.15) is 5.26 Å². The van der Waals surface area contributed by atoms with Crippen LogP contribution in [0.4, 0.5) is 4.39 Å². The number of hydrogen-bond acceptors (Lipinski definition) is 5. The highest BCUT2D eigenvalue weighted by atomic mass is 32.2. The molecule has 0 unspecified atom stereocenters. The van der Waals surface area contributed by atoms with E-state index in [0.29, 0.717) is 0 Å². The van der Waals surface area contributed by atoms with Crippen molar-refractivity contribution in [1.82, 2.24) is 0 Å². The molecule has 0 bridgehead atoms. The summed E-state index contributed by atoms with van der Waals surface area (Å²) >= 11 is 0. The lowest BCUT2D eigenvalue weighted by molar-refractivity contribution is 0.553. The van der Waals surface area contributed by atoms with Crippen LogP contribution in [0.3, 0.4) is 0 Å². The fraction of sp³-hybridized carbons (Fsp3) is 0.300. The molecule has 0 aliphatic heterocycles. The first-order valence-electron chi connectivity index (χ1n) is 4.67. The summed E-state index contributed by atoms with van der Waals surface area (Å²) in [6.45, 7) is 0. The zero-order chi connectivity index (χ0) is 14.1. The fourth-order valence-corrected chi connectivity index (χ4v) is 4.00. The summed E-state index contributed by atoms with van der Waals surface area (Å²) in [5.41, 5.74) is 0.114. The lowest BCUT2D eigenvalue weighted by Gasteiger charge is -2.09. The maximum absolute atomic E-state index is 13.7. The van der Waals surface area contributed by atoms with Gasteiger partial charge in [-0.3, -0.25) is 0 Å². The van der Waals surface area contributed by atoms with Crippen molar-refractivity contribution in [3.63, 3.8) is 0 Å². The molecular formula is C10H10FNO4S2. The standard InChI is InChI=1S/C10H10FNO4S2/c1-17(13,14)9-6-7(3-4-12)5-8(11)10(9)18(2,15)16/h5-6H,3H2,1-2H3. The summed E-state index contributed by atoms with van der Waals surface area (Å²) < 4.78 is 59.5. The van der Waals surface area contributed by atoms with Gasteiger partial charge in [0, 0.05) is 12.5 Å². The van der Waals surface area contributed by atoms with E-state index in [1.807, 2.05) is 0 Å². The van der Waals surface area contributed by atoms with Gasteiger partial charge in [0.2, 0.25) is 0 Å². The molecule has 1 aromatic rings. The van der Waals surface area contributed by atoms with Gasteiger partial charge in [-0.1, -0.05) is 0 Å². The van der Waals surface area contributed by atoms with Gasteiger partial charge < -0.3 is 0 Å². The normalized spacial score (nSPS) is 12.1. The number of nitrogens with zero attached hydrogens (tertiary/aromatic N) is 1. The molecule has 8 heteroatoms. The highest BCUT2D eigenvalue weighted by molar-refractivity contribution is 7.93. The van der Waals surface area contributed by atoms with Crippen LogP contribution in [-0.4, -0.2) is 29.3 Å². The minimum absolute atomic E-state index is 0.114. The van der Waals surface area contributed by atoms with E-state index in [1.165, 1.54) is 0 Å². The third kappa shape index (κ3) is 3.05. The molecule has 5 nitrogen and oxygen atoms in total. The first-order valence-corrected chi connectivity index (χ1v) is 8.45. The van der Waals surface area contributed by atoms with E-state index in [1.54, 1.807) is 6.07 Å². The first-order chi connectivity index (χ1) is 8.07. The SMILES string of the molecule is CS(=O)(=O)c1cc(CC#N)cc(F)c1S(C)(=O)=O. The van der Waals surface area contributed by atoms with Crippen LogP contribution in [0.1, 0.15) is 5.56 Å². The van der Waals surface area contributed by atoms with Gasteiger partial charge in [0.05, 0.1) is 17.4 Å². The highest BCUT2D eigenvalue weighted by Crippen LogP contribution is 2.26. The van der Waals surface area contributed by atoms with Gasteiger partial charge >= 0.3 is 0 Å². The Balaban J connectivity index is 3.80. The third-order valence-corrected chi connectivity index (χ3v) is 4.53. The maximum atomic E-state index is 13.7. The minimum atomic E-state index is -4.02. The van der Waals surface area contributed by atoms with Crippen molar-refractivity contribution in [2.24, 2.45) is 0 Å². The monoisotopic (exact) mass is 291 g/mol. The Hall–Kier alpha value is -1.46.